The van der Waals surface area contributed by atoms with Gasteiger partial charge < -0.3 is 23.5 Å². The molecule has 0 unspecified atom stereocenters. The topological polar surface area (TPSA) is 72.0 Å². The van der Waals surface area contributed by atoms with E-state index in [1.165, 1.54) is 11.3 Å². The van der Waals surface area contributed by atoms with E-state index < -0.39 is 0 Å². The predicted molar refractivity (Wildman–Crippen MR) is 126 cm³/mol. The third kappa shape index (κ3) is 4.72. The molecular weight excluding hydrogens is 438 g/mol. The summed E-state index contributed by atoms with van der Waals surface area (Å²) in [6.07, 6.45) is 1.62. The lowest BCUT2D eigenvalue weighted by molar-refractivity contribution is 0.0722. The lowest BCUT2D eigenvalue weighted by atomic mass is 10.0. The highest BCUT2D eigenvalue weighted by atomic mass is 32.1. The Bertz CT molecular complexity index is 1190. The summed E-state index contributed by atoms with van der Waals surface area (Å²) in [5.74, 6) is 1.37. The summed E-state index contributed by atoms with van der Waals surface area (Å²) < 4.78 is 17.0. The molecule has 0 atom stereocenters. The number of amides is 1. The molecule has 5 rings (SSSR count). The van der Waals surface area contributed by atoms with Gasteiger partial charge >= 0.3 is 0 Å². The molecule has 1 fully saturated rings. The van der Waals surface area contributed by atoms with Gasteiger partial charge in [-0.1, -0.05) is 35.0 Å². The van der Waals surface area contributed by atoms with Crippen molar-refractivity contribution in [2.45, 2.75) is 20.0 Å². The average molecular weight is 464 g/mol. The normalized spacial score (nSPS) is 13.9. The van der Waals surface area contributed by atoms with Crippen molar-refractivity contribution in [3.63, 3.8) is 0 Å². The molecule has 170 valence electrons. The maximum atomic E-state index is 13.5. The summed E-state index contributed by atoms with van der Waals surface area (Å²) in [4.78, 5) is 18.1. The molecule has 0 saturated carbocycles. The Balaban J connectivity index is 1.55. The number of rotatable bonds is 7. The van der Waals surface area contributed by atoms with Crippen LogP contribution in [-0.4, -0.2) is 42.3 Å². The number of ether oxygens (including phenoxy) is 1. The zero-order valence-electron chi connectivity index (χ0n) is 18.4. The second kappa shape index (κ2) is 9.64. The quantitative estimate of drug-likeness (QED) is 0.385. The molecule has 1 aromatic carbocycles. The van der Waals surface area contributed by atoms with Crippen LogP contribution in [0.2, 0.25) is 0 Å². The molecule has 1 aliphatic rings. The van der Waals surface area contributed by atoms with E-state index in [1.54, 1.807) is 11.2 Å². The minimum Gasteiger partial charge on any atom is -0.467 e. The van der Waals surface area contributed by atoms with Crippen LogP contribution in [0.5, 0.6) is 0 Å². The van der Waals surface area contributed by atoms with Crippen LogP contribution < -0.4 is 4.90 Å². The zero-order valence-corrected chi connectivity index (χ0v) is 19.2. The smallest absolute Gasteiger partial charge is 0.264 e. The monoisotopic (exact) mass is 463 g/mol. The number of anilines is 1. The average Bonchev–Trinajstić information content (AvgIpc) is 3.61. The first kappa shape index (κ1) is 21.5. The Labute approximate surface area is 196 Å². The summed E-state index contributed by atoms with van der Waals surface area (Å²) >= 11 is 1.43. The number of aromatic nitrogens is 1. The van der Waals surface area contributed by atoms with Crippen LogP contribution >= 0.6 is 11.3 Å². The Morgan fingerprint density at radius 1 is 1.12 bits per heavy atom. The van der Waals surface area contributed by atoms with E-state index in [9.17, 15) is 4.79 Å². The number of nitrogens with zero attached hydrogens (tertiary/aromatic N) is 3. The molecule has 1 amide bonds. The molecule has 33 heavy (non-hydrogen) atoms. The first-order valence-electron chi connectivity index (χ1n) is 10.9. The predicted octanol–water partition coefficient (Wildman–Crippen LogP) is 4.98. The van der Waals surface area contributed by atoms with Crippen LogP contribution in [0.3, 0.4) is 0 Å². The second-order valence-corrected chi connectivity index (χ2v) is 8.95. The van der Waals surface area contributed by atoms with Crippen molar-refractivity contribution >= 4 is 23.1 Å². The van der Waals surface area contributed by atoms with Gasteiger partial charge in [0.15, 0.2) is 0 Å². The van der Waals surface area contributed by atoms with Crippen LogP contribution in [0.1, 0.15) is 26.6 Å². The molecule has 0 radical (unpaired) electrons. The number of aryl methyl sites for hydroxylation is 1. The van der Waals surface area contributed by atoms with Gasteiger partial charge in [0.1, 0.15) is 11.5 Å². The van der Waals surface area contributed by atoms with Gasteiger partial charge in [-0.05, 0) is 36.6 Å². The van der Waals surface area contributed by atoms with Crippen molar-refractivity contribution < 1.29 is 18.5 Å². The van der Waals surface area contributed by atoms with Gasteiger partial charge in [-0.25, -0.2) is 0 Å². The van der Waals surface area contributed by atoms with Gasteiger partial charge in [-0.2, -0.15) is 0 Å². The molecule has 0 bridgehead atoms. The molecule has 1 aliphatic heterocycles. The highest BCUT2D eigenvalue weighted by Crippen LogP contribution is 2.34. The van der Waals surface area contributed by atoms with Gasteiger partial charge in [-0.3, -0.25) is 4.79 Å². The van der Waals surface area contributed by atoms with Crippen molar-refractivity contribution in [1.82, 2.24) is 10.1 Å². The lowest BCUT2D eigenvalue weighted by Crippen LogP contribution is -2.37. The van der Waals surface area contributed by atoms with Gasteiger partial charge in [-0.15, -0.1) is 11.3 Å². The lowest BCUT2D eigenvalue weighted by Gasteiger charge is -2.28. The fourth-order valence-electron chi connectivity index (χ4n) is 4.01. The number of carbonyl (C=O) groups is 1. The molecule has 8 heteroatoms. The highest BCUT2D eigenvalue weighted by Gasteiger charge is 2.28. The fraction of sp³-hybridized carbons (Fsp3) is 0.280. The molecule has 0 N–H and O–H groups in total. The van der Waals surface area contributed by atoms with Crippen molar-refractivity contribution in [1.29, 1.82) is 0 Å². The number of benzene rings is 1. The molecule has 7 nitrogen and oxygen atoms in total. The largest absolute Gasteiger partial charge is 0.467 e. The Kier molecular flexibility index (Phi) is 6.28. The number of furan rings is 1. The van der Waals surface area contributed by atoms with E-state index in [0.29, 0.717) is 50.2 Å². The molecular formula is C25H25N3O4S. The van der Waals surface area contributed by atoms with Crippen LogP contribution in [0.4, 0.5) is 5.88 Å². The van der Waals surface area contributed by atoms with Crippen molar-refractivity contribution in [2.75, 3.05) is 31.2 Å². The number of morpholine rings is 1. The van der Waals surface area contributed by atoms with E-state index in [0.717, 1.165) is 28.1 Å². The Morgan fingerprint density at radius 2 is 2.00 bits per heavy atom. The van der Waals surface area contributed by atoms with Crippen LogP contribution in [-0.2, 0) is 17.8 Å². The molecule has 0 aliphatic carbocycles. The summed E-state index contributed by atoms with van der Waals surface area (Å²) in [5, 5.41) is 6.37. The number of thiophene rings is 1. The summed E-state index contributed by atoms with van der Waals surface area (Å²) in [6, 6.07) is 15.6. The minimum atomic E-state index is -0.0503. The maximum absolute atomic E-state index is 13.5. The minimum absolute atomic E-state index is 0.0503. The first-order valence-corrected chi connectivity index (χ1v) is 11.8. The van der Waals surface area contributed by atoms with Gasteiger partial charge in [0.25, 0.3) is 5.91 Å². The maximum Gasteiger partial charge on any atom is 0.264 e. The molecule has 3 aromatic heterocycles. The SMILES string of the molecule is Cc1cccc(-c2noc(N3CCOCC3)c2CN(Cc2ccco2)C(=O)c2cccs2)c1. The summed E-state index contributed by atoms with van der Waals surface area (Å²) in [6.45, 7) is 5.44. The Morgan fingerprint density at radius 3 is 2.73 bits per heavy atom. The fourth-order valence-corrected chi connectivity index (χ4v) is 4.71. The van der Waals surface area contributed by atoms with E-state index >= 15 is 0 Å². The van der Waals surface area contributed by atoms with Gasteiger partial charge in [0, 0.05) is 18.7 Å². The number of hydrogen-bond donors (Lipinski definition) is 0. The van der Waals surface area contributed by atoms with E-state index in [2.05, 4.69) is 29.1 Å². The molecule has 4 aromatic rings. The summed E-state index contributed by atoms with van der Waals surface area (Å²) in [7, 11) is 0. The number of carbonyl (C=O) groups excluding carboxylic acids is 1. The van der Waals surface area contributed by atoms with Gasteiger partial charge in [0.2, 0.25) is 5.88 Å². The second-order valence-electron chi connectivity index (χ2n) is 8.00. The third-order valence-corrected chi connectivity index (χ3v) is 6.51. The van der Waals surface area contributed by atoms with Crippen molar-refractivity contribution in [3.8, 4) is 11.3 Å². The molecule has 1 saturated heterocycles. The summed E-state index contributed by atoms with van der Waals surface area (Å²) in [5.41, 5.74) is 3.74. The third-order valence-electron chi connectivity index (χ3n) is 5.65. The van der Waals surface area contributed by atoms with Crippen molar-refractivity contribution in [3.05, 3.63) is 81.9 Å². The van der Waals surface area contributed by atoms with Crippen LogP contribution in [0.15, 0.2) is 69.1 Å². The van der Waals surface area contributed by atoms with E-state index in [1.807, 2.05) is 41.8 Å². The van der Waals surface area contributed by atoms with Gasteiger partial charge in [0.05, 0.1) is 43.0 Å². The van der Waals surface area contributed by atoms with Crippen molar-refractivity contribution in [2.24, 2.45) is 0 Å². The van der Waals surface area contributed by atoms with E-state index in [-0.39, 0.29) is 5.91 Å². The zero-order chi connectivity index (χ0) is 22.6. The number of hydrogen-bond acceptors (Lipinski definition) is 7. The first-order chi connectivity index (χ1) is 16.2. The molecule has 4 heterocycles. The Hall–Kier alpha value is -3.36. The van der Waals surface area contributed by atoms with Crippen LogP contribution in [0, 0.1) is 6.92 Å². The standard InChI is InChI=1S/C25H25N3O4S/c1-18-5-2-6-19(15-18)23-21(25(32-26-23)27-9-12-30-13-10-27)17-28(16-20-7-3-11-31-20)24(29)22-8-4-14-33-22/h2-8,11,14-15H,9-10,12-13,16-17H2,1H3. The van der Waals surface area contributed by atoms with E-state index in [4.69, 9.17) is 13.7 Å². The van der Waals surface area contributed by atoms with Crippen LogP contribution in [0.25, 0.3) is 11.3 Å². The highest BCUT2D eigenvalue weighted by molar-refractivity contribution is 7.12. The molecule has 0 spiro atoms.